The number of allylic oxidation sites excluding steroid dienone is 1. The second-order valence-electron chi connectivity index (χ2n) is 9.62. The van der Waals surface area contributed by atoms with E-state index < -0.39 is 11.9 Å². The fourth-order valence-electron chi connectivity index (χ4n) is 4.64. The van der Waals surface area contributed by atoms with E-state index in [0.717, 1.165) is 11.1 Å². The van der Waals surface area contributed by atoms with Crippen molar-refractivity contribution in [2.45, 2.75) is 19.4 Å². The first kappa shape index (κ1) is 29.3. The third-order valence-corrected chi connectivity index (χ3v) is 6.97. The lowest BCUT2D eigenvalue weighted by molar-refractivity contribution is -0.136. The van der Waals surface area contributed by atoms with Crippen LogP contribution in [0.3, 0.4) is 0 Å². The van der Waals surface area contributed by atoms with Crippen molar-refractivity contribution in [3.8, 4) is 34.8 Å². The number of benzene rings is 4. The van der Waals surface area contributed by atoms with Crippen LogP contribution in [0, 0.1) is 24.1 Å². The van der Waals surface area contributed by atoms with Crippen molar-refractivity contribution in [2.24, 2.45) is 5.73 Å². The van der Waals surface area contributed by atoms with E-state index in [1.165, 1.54) is 25.3 Å². The fraction of sp³-hybridized carbons (Fsp3) is 0.152. The standard InChI is InChI=1S/C33H26ClFN2O6/c1-19-13-22(34)6-12-27(19)41-18-31(38)42-24-9-10-25-29(15-24)43-33(37)26(16-36)32(25)21-5-11-28(30(14-21)39-2)40-17-20-3-7-23(35)8-4-20/h3-15,32H,17-18,37H2,1-2H3. The molecule has 0 saturated carbocycles. The normalized spacial score (nSPS) is 13.8. The Balaban J connectivity index is 1.35. The van der Waals surface area contributed by atoms with Gasteiger partial charge in [-0.05, 0) is 72.1 Å². The molecule has 0 aromatic heterocycles. The van der Waals surface area contributed by atoms with Crippen LogP contribution in [0.1, 0.15) is 28.2 Å². The summed E-state index contributed by atoms with van der Waals surface area (Å²) < 4.78 is 41.5. The molecule has 43 heavy (non-hydrogen) atoms. The Morgan fingerprint density at radius 1 is 1.00 bits per heavy atom. The molecule has 1 atom stereocenters. The van der Waals surface area contributed by atoms with Crippen LogP contribution < -0.4 is 29.4 Å². The maximum Gasteiger partial charge on any atom is 0.349 e. The first-order chi connectivity index (χ1) is 20.7. The Bertz CT molecular complexity index is 1750. The van der Waals surface area contributed by atoms with Crippen LogP contribution in [0.4, 0.5) is 4.39 Å². The Labute approximate surface area is 252 Å². The van der Waals surface area contributed by atoms with Crippen LogP contribution >= 0.6 is 11.6 Å². The van der Waals surface area contributed by atoms with Gasteiger partial charge < -0.3 is 29.4 Å². The molecule has 10 heteroatoms. The number of carbonyl (C=O) groups excluding carboxylic acids is 1. The molecule has 4 aromatic carbocycles. The maximum atomic E-state index is 13.2. The van der Waals surface area contributed by atoms with Crippen molar-refractivity contribution in [1.29, 1.82) is 5.26 Å². The van der Waals surface area contributed by atoms with Crippen LogP contribution in [-0.4, -0.2) is 19.7 Å². The highest BCUT2D eigenvalue weighted by atomic mass is 35.5. The number of nitrogens with zero attached hydrogens (tertiary/aromatic N) is 1. The highest BCUT2D eigenvalue weighted by Gasteiger charge is 2.32. The second kappa shape index (κ2) is 12.8. The summed E-state index contributed by atoms with van der Waals surface area (Å²) >= 11 is 5.97. The molecule has 1 unspecified atom stereocenters. The Morgan fingerprint density at radius 3 is 2.49 bits per heavy atom. The van der Waals surface area contributed by atoms with Crippen molar-refractivity contribution >= 4 is 17.6 Å². The van der Waals surface area contributed by atoms with Crippen molar-refractivity contribution in [3.05, 3.63) is 123 Å². The van der Waals surface area contributed by atoms with Gasteiger partial charge in [0, 0.05) is 16.7 Å². The second-order valence-corrected chi connectivity index (χ2v) is 10.1. The predicted molar refractivity (Wildman–Crippen MR) is 157 cm³/mol. The van der Waals surface area contributed by atoms with E-state index in [1.807, 2.05) is 6.92 Å². The molecule has 0 spiro atoms. The number of nitriles is 1. The number of nitrogens with two attached hydrogens (primary N) is 1. The van der Waals surface area contributed by atoms with E-state index in [9.17, 15) is 14.4 Å². The van der Waals surface area contributed by atoms with Gasteiger partial charge in [0.2, 0.25) is 5.88 Å². The smallest absolute Gasteiger partial charge is 0.349 e. The van der Waals surface area contributed by atoms with Crippen LogP contribution in [0.2, 0.25) is 5.02 Å². The van der Waals surface area contributed by atoms with Crippen LogP contribution in [0.15, 0.2) is 90.3 Å². The number of aryl methyl sites for hydroxylation is 1. The molecule has 1 aliphatic rings. The highest BCUT2D eigenvalue weighted by molar-refractivity contribution is 6.30. The van der Waals surface area contributed by atoms with Gasteiger partial charge in [0.05, 0.1) is 13.0 Å². The summed E-state index contributed by atoms with van der Waals surface area (Å²) in [6.07, 6.45) is 0. The molecule has 0 aliphatic carbocycles. The third kappa shape index (κ3) is 6.66. The molecule has 0 bridgehead atoms. The zero-order valence-corrected chi connectivity index (χ0v) is 24.0. The summed E-state index contributed by atoms with van der Waals surface area (Å²) in [7, 11) is 1.51. The fourth-order valence-corrected chi connectivity index (χ4v) is 4.87. The van der Waals surface area contributed by atoms with Gasteiger partial charge in [0.25, 0.3) is 0 Å². The van der Waals surface area contributed by atoms with Crippen LogP contribution in [0.25, 0.3) is 0 Å². The Kier molecular flexibility index (Phi) is 8.69. The van der Waals surface area contributed by atoms with E-state index in [4.69, 9.17) is 41.0 Å². The maximum absolute atomic E-state index is 13.2. The van der Waals surface area contributed by atoms with E-state index >= 15 is 0 Å². The minimum atomic E-state index is -0.621. The molecule has 2 N–H and O–H groups in total. The molecule has 0 amide bonds. The van der Waals surface area contributed by atoms with Crippen LogP contribution in [-0.2, 0) is 11.4 Å². The summed E-state index contributed by atoms with van der Waals surface area (Å²) in [6, 6.07) is 23.4. The van der Waals surface area contributed by atoms with Gasteiger partial charge in [-0.15, -0.1) is 0 Å². The third-order valence-electron chi connectivity index (χ3n) is 6.73. The van der Waals surface area contributed by atoms with E-state index in [0.29, 0.717) is 39.1 Å². The molecule has 8 nitrogen and oxygen atoms in total. The number of rotatable bonds is 9. The number of hydrogen-bond donors (Lipinski definition) is 1. The number of fused-ring (bicyclic) bond motifs is 1. The van der Waals surface area contributed by atoms with Gasteiger partial charge >= 0.3 is 5.97 Å². The van der Waals surface area contributed by atoms with Gasteiger partial charge in [-0.2, -0.15) is 5.26 Å². The van der Waals surface area contributed by atoms with Crippen molar-refractivity contribution in [3.63, 3.8) is 0 Å². The van der Waals surface area contributed by atoms with Crippen molar-refractivity contribution in [2.75, 3.05) is 13.7 Å². The minimum Gasteiger partial charge on any atom is -0.493 e. The molecule has 0 saturated heterocycles. The summed E-state index contributed by atoms with van der Waals surface area (Å²) in [5.74, 6) is 0.362. The van der Waals surface area contributed by atoms with Gasteiger partial charge in [0.15, 0.2) is 18.1 Å². The molecule has 5 rings (SSSR count). The topological polar surface area (TPSA) is 113 Å². The molecule has 0 fully saturated rings. The van der Waals surface area contributed by atoms with Gasteiger partial charge in [-0.25, -0.2) is 9.18 Å². The Morgan fingerprint density at radius 2 is 1.77 bits per heavy atom. The molecule has 0 radical (unpaired) electrons. The summed E-state index contributed by atoms with van der Waals surface area (Å²) in [4.78, 5) is 12.5. The lowest BCUT2D eigenvalue weighted by Crippen LogP contribution is -2.22. The van der Waals surface area contributed by atoms with E-state index in [2.05, 4.69) is 6.07 Å². The lowest BCUT2D eigenvalue weighted by atomic mass is 9.83. The SMILES string of the molecule is COc1cc(C2C(C#N)=C(N)Oc3cc(OC(=O)COc4ccc(Cl)cc4C)ccc32)ccc1OCc1ccc(F)cc1. The number of methoxy groups -OCH3 is 1. The van der Waals surface area contributed by atoms with Gasteiger partial charge in [0.1, 0.15) is 41.3 Å². The number of carbonyl (C=O) groups is 1. The average Bonchev–Trinajstić information content (AvgIpc) is 2.99. The minimum absolute atomic E-state index is 0.0689. The molecule has 218 valence electrons. The number of halogens is 2. The molecular weight excluding hydrogens is 575 g/mol. The predicted octanol–water partition coefficient (Wildman–Crippen LogP) is 6.58. The van der Waals surface area contributed by atoms with Gasteiger partial charge in [-0.1, -0.05) is 35.9 Å². The zero-order valence-electron chi connectivity index (χ0n) is 23.2. The van der Waals surface area contributed by atoms with Crippen molar-refractivity contribution < 1.29 is 32.9 Å². The Hall–Kier alpha value is -5.20. The average molecular weight is 601 g/mol. The number of esters is 1. The molecular formula is C33H26ClFN2O6. The number of ether oxygens (including phenoxy) is 5. The quantitative estimate of drug-likeness (QED) is 0.169. The lowest BCUT2D eigenvalue weighted by Gasteiger charge is -2.27. The molecule has 1 aliphatic heterocycles. The molecule has 1 heterocycles. The molecule has 4 aromatic rings. The van der Waals surface area contributed by atoms with Crippen molar-refractivity contribution in [1.82, 2.24) is 0 Å². The summed E-state index contributed by atoms with van der Waals surface area (Å²) in [5, 5.41) is 10.5. The highest BCUT2D eigenvalue weighted by Crippen LogP contribution is 2.45. The first-order valence-electron chi connectivity index (χ1n) is 13.1. The monoisotopic (exact) mass is 600 g/mol. The van der Waals surface area contributed by atoms with E-state index in [-0.39, 0.29) is 36.2 Å². The number of hydrogen-bond acceptors (Lipinski definition) is 8. The first-order valence-corrected chi connectivity index (χ1v) is 13.5. The van der Waals surface area contributed by atoms with Gasteiger partial charge in [-0.3, -0.25) is 0 Å². The van der Waals surface area contributed by atoms with Crippen LogP contribution in [0.5, 0.6) is 28.7 Å². The summed E-state index contributed by atoms with van der Waals surface area (Å²) in [5.41, 5.74) is 9.29. The summed E-state index contributed by atoms with van der Waals surface area (Å²) in [6.45, 7) is 1.71. The largest absolute Gasteiger partial charge is 0.493 e. The van der Waals surface area contributed by atoms with E-state index in [1.54, 1.807) is 60.7 Å². The zero-order chi connectivity index (χ0) is 30.5.